The van der Waals surface area contributed by atoms with Crippen molar-refractivity contribution in [3.05, 3.63) is 48.1 Å². The highest BCUT2D eigenvalue weighted by Gasteiger charge is 2.29. The number of halogens is 2. The lowest BCUT2D eigenvalue weighted by molar-refractivity contribution is 0.188. The third-order valence-corrected chi connectivity index (χ3v) is 6.72. The number of rotatable bonds is 8. The van der Waals surface area contributed by atoms with E-state index in [9.17, 15) is 8.78 Å². The Bertz CT molecular complexity index is 686. The van der Waals surface area contributed by atoms with Crippen LogP contribution in [0.25, 0.3) is 5.57 Å². The van der Waals surface area contributed by atoms with Crippen LogP contribution < -0.4 is 4.74 Å². The maximum atomic E-state index is 14.5. The highest BCUT2D eigenvalue weighted by molar-refractivity contribution is 5.67. The van der Waals surface area contributed by atoms with Gasteiger partial charge in [-0.15, -0.1) is 6.58 Å². The smallest absolute Gasteiger partial charge is 0.201 e. The third kappa shape index (κ3) is 5.04. The Labute approximate surface area is 168 Å². The van der Waals surface area contributed by atoms with E-state index in [-0.39, 0.29) is 5.75 Å². The van der Waals surface area contributed by atoms with Crippen LogP contribution in [0, 0.1) is 29.4 Å². The Morgan fingerprint density at radius 3 is 2.50 bits per heavy atom. The molecule has 1 saturated carbocycles. The van der Waals surface area contributed by atoms with Crippen molar-refractivity contribution in [2.45, 2.75) is 71.1 Å². The van der Waals surface area contributed by atoms with Crippen molar-refractivity contribution in [1.82, 2.24) is 0 Å². The van der Waals surface area contributed by atoms with E-state index in [0.29, 0.717) is 18.1 Å². The molecule has 0 radical (unpaired) electrons. The minimum Gasteiger partial charge on any atom is -0.491 e. The quantitative estimate of drug-likeness (QED) is 0.327. The molecule has 0 spiro atoms. The number of benzene rings is 1. The zero-order chi connectivity index (χ0) is 19.9. The molecule has 154 valence electrons. The maximum Gasteiger partial charge on any atom is 0.201 e. The first-order valence-corrected chi connectivity index (χ1v) is 11.0. The van der Waals surface area contributed by atoms with Crippen LogP contribution in [0.5, 0.6) is 5.75 Å². The molecule has 1 nitrogen and oxygen atoms in total. The van der Waals surface area contributed by atoms with Crippen molar-refractivity contribution >= 4 is 5.57 Å². The van der Waals surface area contributed by atoms with E-state index < -0.39 is 11.6 Å². The predicted molar refractivity (Wildman–Crippen MR) is 112 cm³/mol. The van der Waals surface area contributed by atoms with Gasteiger partial charge in [0.15, 0.2) is 11.6 Å². The summed E-state index contributed by atoms with van der Waals surface area (Å²) in [4.78, 5) is 0. The van der Waals surface area contributed by atoms with Crippen LogP contribution in [0.3, 0.4) is 0 Å². The Hall–Kier alpha value is -1.64. The zero-order valence-electron chi connectivity index (χ0n) is 17.2. The molecule has 0 heterocycles. The van der Waals surface area contributed by atoms with Gasteiger partial charge in [-0.2, -0.15) is 4.39 Å². The molecule has 0 N–H and O–H groups in total. The molecule has 0 bridgehead atoms. The fourth-order valence-corrected chi connectivity index (χ4v) is 5.07. The summed E-state index contributed by atoms with van der Waals surface area (Å²) in [6, 6.07) is 3.22. The van der Waals surface area contributed by atoms with E-state index in [1.165, 1.54) is 38.5 Å². The number of hydrogen-bond acceptors (Lipinski definition) is 1. The predicted octanol–water partition coefficient (Wildman–Crippen LogP) is 7.71. The average Bonchev–Trinajstić information content (AvgIpc) is 2.73. The summed E-state index contributed by atoms with van der Waals surface area (Å²) in [5.74, 6) is 0.770. The lowest BCUT2D eigenvalue weighted by atomic mass is 9.70. The fraction of sp³-hybridized carbons (Fsp3) is 0.600. The normalized spacial score (nSPS) is 25.2. The van der Waals surface area contributed by atoms with Crippen molar-refractivity contribution in [3.63, 3.8) is 0 Å². The van der Waals surface area contributed by atoms with Crippen molar-refractivity contribution < 1.29 is 13.5 Å². The van der Waals surface area contributed by atoms with E-state index in [2.05, 4.69) is 12.7 Å². The van der Waals surface area contributed by atoms with Crippen LogP contribution in [-0.4, -0.2) is 6.61 Å². The molecule has 0 aromatic heterocycles. The highest BCUT2D eigenvalue weighted by atomic mass is 19.2. The van der Waals surface area contributed by atoms with Crippen LogP contribution in [0.15, 0.2) is 30.9 Å². The summed E-state index contributed by atoms with van der Waals surface area (Å²) in [7, 11) is 0. The van der Waals surface area contributed by atoms with Gasteiger partial charge in [0.2, 0.25) is 5.82 Å². The maximum absolute atomic E-state index is 14.5. The van der Waals surface area contributed by atoms with Crippen LogP contribution in [0.2, 0.25) is 0 Å². The second kappa shape index (κ2) is 10.2. The van der Waals surface area contributed by atoms with Crippen LogP contribution >= 0.6 is 0 Å². The Kier molecular flexibility index (Phi) is 7.70. The second-order valence-electron chi connectivity index (χ2n) is 8.44. The minimum absolute atomic E-state index is 0.00267. The van der Waals surface area contributed by atoms with Crippen molar-refractivity contribution in [2.75, 3.05) is 6.61 Å². The molecular weight excluding hydrogens is 354 g/mol. The molecule has 1 unspecified atom stereocenters. The largest absolute Gasteiger partial charge is 0.491 e. The van der Waals surface area contributed by atoms with Gasteiger partial charge >= 0.3 is 0 Å². The second-order valence-corrected chi connectivity index (χ2v) is 8.44. The van der Waals surface area contributed by atoms with Gasteiger partial charge in [-0.25, -0.2) is 4.39 Å². The Morgan fingerprint density at radius 2 is 1.86 bits per heavy atom. The van der Waals surface area contributed by atoms with Gasteiger partial charge < -0.3 is 4.74 Å². The van der Waals surface area contributed by atoms with Gasteiger partial charge in [-0.1, -0.05) is 31.4 Å². The standard InChI is InChI=1S/C25H34F2O/c1-3-5-6-7-18-8-10-19(11-9-18)20-12-14-21(15-13-20)22-16-17-23(28-4-2)25(27)24(22)26/h3,14,16-20H,1,4-13,15H2,2H3/t18-,19-,20?. The molecular formula is C25H34F2O. The summed E-state index contributed by atoms with van der Waals surface area (Å²) < 4.78 is 33.8. The monoisotopic (exact) mass is 388 g/mol. The van der Waals surface area contributed by atoms with E-state index in [4.69, 9.17) is 4.74 Å². The first kappa shape index (κ1) is 21.1. The molecule has 0 amide bonds. The lowest BCUT2D eigenvalue weighted by Crippen LogP contribution is -2.23. The Morgan fingerprint density at radius 1 is 1.07 bits per heavy atom. The highest BCUT2D eigenvalue weighted by Crippen LogP contribution is 2.42. The van der Waals surface area contributed by atoms with Gasteiger partial charge in [0.05, 0.1) is 6.61 Å². The lowest BCUT2D eigenvalue weighted by Gasteiger charge is -2.35. The molecule has 2 aliphatic carbocycles. The van der Waals surface area contributed by atoms with Crippen LogP contribution in [0.4, 0.5) is 8.78 Å². The fourth-order valence-electron chi connectivity index (χ4n) is 5.07. The molecule has 28 heavy (non-hydrogen) atoms. The number of hydrogen-bond donors (Lipinski definition) is 0. The SMILES string of the molecule is C=CCCC[C@H]1CC[C@H](C2CC=C(c3ccc(OCC)c(F)c3F)CC2)CC1. The van der Waals surface area contributed by atoms with E-state index in [0.717, 1.165) is 43.1 Å². The zero-order valence-corrected chi connectivity index (χ0v) is 17.2. The van der Waals surface area contributed by atoms with Gasteiger partial charge in [-0.3, -0.25) is 0 Å². The number of ether oxygens (including phenoxy) is 1. The summed E-state index contributed by atoms with van der Waals surface area (Å²) in [6.07, 6.45) is 16.2. The van der Waals surface area contributed by atoms with E-state index in [1.54, 1.807) is 19.1 Å². The molecule has 1 fully saturated rings. The molecule has 2 aliphatic rings. The number of unbranched alkanes of at least 4 members (excludes halogenated alkanes) is 1. The Balaban J connectivity index is 1.55. The molecule has 3 rings (SSSR count). The summed E-state index contributed by atoms with van der Waals surface area (Å²) in [5.41, 5.74) is 1.36. The molecule has 1 atom stereocenters. The van der Waals surface area contributed by atoms with E-state index in [1.807, 2.05) is 6.08 Å². The summed E-state index contributed by atoms with van der Waals surface area (Å²) in [6.45, 7) is 5.91. The van der Waals surface area contributed by atoms with Gasteiger partial charge in [0, 0.05) is 5.56 Å². The number of allylic oxidation sites excluding steroid dienone is 3. The summed E-state index contributed by atoms with van der Waals surface area (Å²) in [5, 5.41) is 0. The first-order chi connectivity index (χ1) is 13.6. The van der Waals surface area contributed by atoms with Gasteiger partial charge in [0.25, 0.3) is 0 Å². The average molecular weight is 389 g/mol. The molecule has 1 aromatic rings. The van der Waals surface area contributed by atoms with Crippen molar-refractivity contribution in [3.8, 4) is 5.75 Å². The van der Waals surface area contributed by atoms with Crippen molar-refractivity contribution in [1.29, 1.82) is 0 Å². The van der Waals surface area contributed by atoms with Gasteiger partial charge in [0.1, 0.15) is 0 Å². The minimum atomic E-state index is -0.864. The van der Waals surface area contributed by atoms with Crippen LogP contribution in [0.1, 0.15) is 76.7 Å². The molecule has 1 aromatic carbocycles. The topological polar surface area (TPSA) is 9.23 Å². The van der Waals surface area contributed by atoms with Gasteiger partial charge in [-0.05, 0) is 87.3 Å². The molecule has 0 saturated heterocycles. The molecule has 0 aliphatic heterocycles. The van der Waals surface area contributed by atoms with Crippen molar-refractivity contribution in [2.24, 2.45) is 17.8 Å². The first-order valence-electron chi connectivity index (χ1n) is 11.0. The summed E-state index contributed by atoms with van der Waals surface area (Å²) >= 11 is 0. The van der Waals surface area contributed by atoms with E-state index >= 15 is 0 Å². The third-order valence-electron chi connectivity index (χ3n) is 6.72. The van der Waals surface area contributed by atoms with Crippen LogP contribution in [-0.2, 0) is 0 Å². The molecule has 3 heteroatoms.